The first-order chi connectivity index (χ1) is 10.8. The maximum absolute atomic E-state index is 12.5. The second kappa shape index (κ2) is 5.07. The summed E-state index contributed by atoms with van der Waals surface area (Å²) in [7, 11) is 0. The van der Waals surface area contributed by atoms with Crippen molar-refractivity contribution in [2.75, 3.05) is 11.4 Å². The molecule has 2 aromatic carbocycles. The monoisotopic (exact) mass is 292 g/mol. The van der Waals surface area contributed by atoms with Gasteiger partial charge in [0.15, 0.2) is 0 Å². The summed E-state index contributed by atoms with van der Waals surface area (Å²) >= 11 is 0. The lowest BCUT2D eigenvalue weighted by atomic mass is 10.0. The highest BCUT2D eigenvalue weighted by atomic mass is 16.2. The van der Waals surface area contributed by atoms with Crippen molar-refractivity contribution < 1.29 is 9.59 Å². The minimum atomic E-state index is -0.239. The van der Waals surface area contributed by atoms with E-state index in [0.717, 1.165) is 24.9 Å². The molecule has 22 heavy (non-hydrogen) atoms. The van der Waals surface area contributed by atoms with E-state index in [1.165, 1.54) is 4.90 Å². The fraction of sp³-hybridized carbons (Fsp3) is 0.222. The van der Waals surface area contributed by atoms with Crippen LogP contribution in [0.3, 0.4) is 0 Å². The van der Waals surface area contributed by atoms with Crippen LogP contribution < -0.4 is 10.2 Å². The summed E-state index contributed by atoms with van der Waals surface area (Å²) in [4.78, 5) is 26.3. The number of hydrogen-bond donors (Lipinski definition) is 1. The Morgan fingerprint density at radius 1 is 0.955 bits per heavy atom. The Bertz CT molecular complexity index is 728. The summed E-state index contributed by atoms with van der Waals surface area (Å²) < 4.78 is 0. The molecule has 4 nitrogen and oxygen atoms in total. The van der Waals surface area contributed by atoms with Gasteiger partial charge in [0.05, 0.1) is 16.8 Å². The number of imide groups is 1. The summed E-state index contributed by atoms with van der Waals surface area (Å²) in [5.74, 6) is -0.478. The fourth-order valence-electron chi connectivity index (χ4n) is 3.27. The number of carbonyl (C=O) groups is 2. The molecule has 110 valence electrons. The van der Waals surface area contributed by atoms with Crippen LogP contribution in [0.5, 0.6) is 0 Å². The standard InChI is InChI=1S/C18H16N2O2/c21-17-14-7-1-2-8-15(14)18(22)20(17)13-6-3-5-12(11-13)16-9-4-10-19-16/h1-3,5-8,11,16,19H,4,9-10H2. The van der Waals surface area contributed by atoms with Crippen LogP contribution in [0.15, 0.2) is 48.5 Å². The number of anilines is 1. The third kappa shape index (κ3) is 1.96. The number of fused-ring (bicyclic) bond motifs is 1. The zero-order valence-electron chi connectivity index (χ0n) is 12.1. The first-order valence-corrected chi connectivity index (χ1v) is 7.57. The number of nitrogens with zero attached hydrogens (tertiary/aromatic N) is 1. The van der Waals surface area contributed by atoms with E-state index in [9.17, 15) is 9.59 Å². The number of amides is 2. The minimum absolute atomic E-state index is 0.239. The van der Waals surface area contributed by atoms with Crippen molar-refractivity contribution in [1.29, 1.82) is 0 Å². The van der Waals surface area contributed by atoms with E-state index in [-0.39, 0.29) is 11.8 Å². The normalized spacial score (nSPS) is 20.5. The zero-order chi connectivity index (χ0) is 15.1. The molecule has 1 unspecified atom stereocenters. The van der Waals surface area contributed by atoms with Gasteiger partial charge in [-0.25, -0.2) is 4.90 Å². The van der Waals surface area contributed by atoms with Gasteiger partial charge in [0.1, 0.15) is 0 Å². The van der Waals surface area contributed by atoms with E-state index < -0.39 is 0 Å². The molecule has 1 atom stereocenters. The Hall–Kier alpha value is -2.46. The minimum Gasteiger partial charge on any atom is -0.310 e. The van der Waals surface area contributed by atoms with Gasteiger partial charge in [0.25, 0.3) is 11.8 Å². The van der Waals surface area contributed by atoms with E-state index in [1.807, 2.05) is 24.3 Å². The highest BCUT2D eigenvalue weighted by molar-refractivity contribution is 6.34. The number of nitrogens with one attached hydrogen (secondary N) is 1. The van der Waals surface area contributed by atoms with Gasteiger partial charge in [-0.15, -0.1) is 0 Å². The molecular weight excluding hydrogens is 276 g/mol. The van der Waals surface area contributed by atoms with Crippen molar-refractivity contribution in [3.8, 4) is 0 Å². The van der Waals surface area contributed by atoms with Crippen LogP contribution in [-0.4, -0.2) is 18.4 Å². The van der Waals surface area contributed by atoms with Crippen LogP contribution in [0, 0.1) is 0 Å². The lowest BCUT2D eigenvalue weighted by Crippen LogP contribution is -2.29. The largest absolute Gasteiger partial charge is 0.310 e. The first-order valence-electron chi connectivity index (χ1n) is 7.57. The Labute approximate surface area is 128 Å². The highest BCUT2D eigenvalue weighted by Crippen LogP contribution is 2.31. The van der Waals surface area contributed by atoms with Crippen molar-refractivity contribution in [3.63, 3.8) is 0 Å². The van der Waals surface area contributed by atoms with Crippen molar-refractivity contribution >= 4 is 17.5 Å². The van der Waals surface area contributed by atoms with Crippen LogP contribution in [0.4, 0.5) is 5.69 Å². The van der Waals surface area contributed by atoms with Gasteiger partial charge in [-0.1, -0.05) is 24.3 Å². The molecule has 1 saturated heterocycles. The Kier molecular flexibility index (Phi) is 3.05. The van der Waals surface area contributed by atoms with E-state index in [2.05, 4.69) is 5.32 Å². The predicted octanol–water partition coefficient (Wildman–Crippen LogP) is 2.91. The molecule has 1 N–H and O–H groups in total. The number of rotatable bonds is 2. The molecule has 2 aliphatic heterocycles. The van der Waals surface area contributed by atoms with E-state index in [1.54, 1.807) is 24.3 Å². The Morgan fingerprint density at radius 3 is 2.32 bits per heavy atom. The molecule has 0 aromatic heterocycles. The second-order valence-corrected chi connectivity index (χ2v) is 5.74. The molecule has 4 heteroatoms. The molecule has 2 heterocycles. The molecule has 0 saturated carbocycles. The molecular formula is C18H16N2O2. The molecule has 0 aliphatic carbocycles. The zero-order valence-corrected chi connectivity index (χ0v) is 12.1. The van der Waals surface area contributed by atoms with Crippen LogP contribution in [0.2, 0.25) is 0 Å². The van der Waals surface area contributed by atoms with Crippen LogP contribution in [0.25, 0.3) is 0 Å². The maximum atomic E-state index is 12.5. The first kappa shape index (κ1) is 13.2. The number of benzene rings is 2. The van der Waals surface area contributed by atoms with E-state index in [4.69, 9.17) is 0 Å². The van der Waals surface area contributed by atoms with Crippen LogP contribution >= 0.6 is 0 Å². The second-order valence-electron chi connectivity index (χ2n) is 5.74. The Balaban J connectivity index is 1.73. The van der Waals surface area contributed by atoms with Gasteiger partial charge >= 0.3 is 0 Å². The van der Waals surface area contributed by atoms with Gasteiger partial charge in [-0.05, 0) is 49.2 Å². The quantitative estimate of drug-likeness (QED) is 0.866. The smallest absolute Gasteiger partial charge is 0.266 e. The fourth-order valence-corrected chi connectivity index (χ4v) is 3.27. The molecule has 4 rings (SSSR count). The Morgan fingerprint density at radius 2 is 1.68 bits per heavy atom. The SMILES string of the molecule is O=C1c2ccccc2C(=O)N1c1cccc(C2CCCN2)c1. The van der Waals surface area contributed by atoms with Crippen molar-refractivity contribution in [3.05, 3.63) is 65.2 Å². The lowest BCUT2D eigenvalue weighted by molar-refractivity contribution is 0.0926. The van der Waals surface area contributed by atoms with Crippen LogP contribution in [0.1, 0.15) is 45.2 Å². The number of hydrogen-bond acceptors (Lipinski definition) is 3. The third-order valence-electron chi connectivity index (χ3n) is 4.39. The van der Waals surface area contributed by atoms with Gasteiger partial charge in [0.2, 0.25) is 0 Å². The third-order valence-corrected chi connectivity index (χ3v) is 4.39. The van der Waals surface area contributed by atoms with Gasteiger partial charge < -0.3 is 5.32 Å². The highest BCUT2D eigenvalue weighted by Gasteiger charge is 2.36. The molecule has 1 fully saturated rings. The summed E-state index contributed by atoms with van der Waals surface area (Å²) in [6.07, 6.45) is 2.24. The average molecular weight is 292 g/mol. The molecule has 0 bridgehead atoms. The maximum Gasteiger partial charge on any atom is 0.266 e. The summed E-state index contributed by atoms with van der Waals surface area (Å²) in [5.41, 5.74) is 2.75. The van der Waals surface area contributed by atoms with Gasteiger partial charge in [-0.3, -0.25) is 9.59 Å². The van der Waals surface area contributed by atoms with Crippen molar-refractivity contribution in [2.45, 2.75) is 18.9 Å². The summed E-state index contributed by atoms with van der Waals surface area (Å²) in [6.45, 7) is 1.02. The van der Waals surface area contributed by atoms with E-state index in [0.29, 0.717) is 22.9 Å². The van der Waals surface area contributed by atoms with Crippen molar-refractivity contribution in [2.24, 2.45) is 0 Å². The van der Waals surface area contributed by atoms with Crippen LogP contribution in [-0.2, 0) is 0 Å². The van der Waals surface area contributed by atoms with Gasteiger partial charge in [-0.2, -0.15) is 0 Å². The average Bonchev–Trinajstić information content (AvgIpc) is 3.17. The summed E-state index contributed by atoms with van der Waals surface area (Å²) in [6, 6.07) is 15.0. The molecule has 0 radical (unpaired) electrons. The molecule has 2 amide bonds. The molecule has 0 spiro atoms. The molecule has 2 aliphatic rings. The molecule has 2 aromatic rings. The number of carbonyl (C=O) groups excluding carboxylic acids is 2. The predicted molar refractivity (Wildman–Crippen MR) is 84.0 cm³/mol. The van der Waals surface area contributed by atoms with E-state index >= 15 is 0 Å². The summed E-state index contributed by atoms with van der Waals surface area (Å²) in [5, 5.41) is 3.44. The topological polar surface area (TPSA) is 49.4 Å². The van der Waals surface area contributed by atoms with Gasteiger partial charge in [0, 0.05) is 6.04 Å². The lowest BCUT2D eigenvalue weighted by Gasteiger charge is -2.17. The van der Waals surface area contributed by atoms with Crippen molar-refractivity contribution in [1.82, 2.24) is 5.32 Å².